The lowest BCUT2D eigenvalue weighted by Crippen LogP contribution is -2.22. The summed E-state index contributed by atoms with van der Waals surface area (Å²) in [6, 6.07) is 2.00. The number of nitriles is 1. The van der Waals surface area contributed by atoms with Crippen molar-refractivity contribution in [3.05, 3.63) is 10.4 Å². The Morgan fingerprint density at radius 2 is 2.11 bits per heavy atom. The minimum absolute atomic E-state index is 0.106. The van der Waals surface area contributed by atoms with Gasteiger partial charge >= 0.3 is 0 Å². The van der Waals surface area contributed by atoms with E-state index >= 15 is 0 Å². The van der Waals surface area contributed by atoms with E-state index in [4.69, 9.17) is 5.73 Å². The Labute approximate surface area is 114 Å². The van der Waals surface area contributed by atoms with Crippen molar-refractivity contribution in [2.75, 3.05) is 23.7 Å². The highest BCUT2D eigenvalue weighted by Crippen LogP contribution is 2.39. The summed E-state index contributed by atoms with van der Waals surface area (Å²) in [4.78, 5) is 13.8. The number of ketones is 1. The minimum atomic E-state index is -0.847. The van der Waals surface area contributed by atoms with Crippen LogP contribution in [0.2, 0.25) is 0 Å². The molecule has 0 saturated carbocycles. The first-order chi connectivity index (χ1) is 8.99. The fourth-order valence-electron chi connectivity index (χ4n) is 2.07. The molecule has 2 heterocycles. The van der Waals surface area contributed by atoms with Crippen molar-refractivity contribution in [1.82, 2.24) is 0 Å². The van der Waals surface area contributed by atoms with Crippen molar-refractivity contribution in [3.63, 3.8) is 0 Å². The monoisotopic (exact) mass is 281 g/mol. The molecule has 0 spiro atoms. The fourth-order valence-corrected chi connectivity index (χ4v) is 3.26. The van der Waals surface area contributed by atoms with Gasteiger partial charge in [0, 0.05) is 19.5 Å². The highest BCUT2D eigenvalue weighted by molar-refractivity contribution is 7.19. The molecule has 1 fully saturated rings. The van der Waals surface area contributed by atoms with Crippen LogP contribution in [-0.2, 0) is 0 Å². The summed E-state index contributed by atoms with van der Waals surface area (Å²) in [6.45, 7) is 2.20. The van der Waals surface area contributed by atoms with E-state index in [2.05, 4.69) is 0 Å². The predicted octanol–water partition coefficient (Wildman–Crippen LogP) is 0.336. The van der Waals surface area contributed by atoms with E-state index in [1.54, 1.807) is 11.8 Å². The largest absolute Gasteiger partial charge is 0.396 e. The molecule has 2 rings (SSSR count). The number of β-amino-alcohol motifs (C(OH)–C–C–N with tert-alkyl or cyclic N) is 2. The van der Waals surface area contributed by atoms with Crippen molar-refractivity contribution in [3.8, 4) is 6.07 Å². The van der Waals surface area contributed by atoms with Gasteiger partial charge in [0.2, 0.25) is 0 Å². The summed E-state index contributed by atoms with van der Waals surface area (Å²) >= 11 is 1.15. The average Bonchev–Trinajstić information content (AvgIpc) is 2.89. The molecule has 0 aliphatic carbocycles. The number of carbonyl (C=O) groups excluding carboxylic acids is 1. The third-order valence-corrected chi connectivity index (χ3v) is 4.47. The van der Waals surface area contributed by atoms with E-state index in [1.807, 2.05) is 6.07 Å². The molecule has 6 nitrogen and oxygen atoms in total. The molecule has 2 unspecified atom stereocenters. The van der Waals surface area contributed by atoms with Crippen LogP contribution in [0.25, 0.3) is 0 Å². The number of hydrogen-bond acceptors (Lipinski definition) is 7. The Morgan fingerprint density at radius 1 is 1.53 bits per heavy atom. The second-order valence-corrected chi connectivity index (χ2v) is 5.45. The van der Waals surface area contributed by atoms with E-state index in [0.29, 0.717) is 16.3 Å². The van der Waals surface area contributed by atoms with Crippen molar-refractivity contribution in [2.24, 2.45) is 0 Å². The summed E-state index contributed by atoms with van der Waals surface area (Å²) in [6.07, 6.45) is -1.37. The van der Waals surface area contributed by atoms with Crippen LogP contribution in [-0.4, -0.2) is 41.3 Å². The van der Waals surface area contributed by atoms with Gasteiger partial charge in [-0.05, 0) is 0 Å². The molecule has 1 aromatic heterocycles. The van der Waals surface area contributed by atoms with Gasteiger partial charge < -0.3 is 20.8 Å². The first-order valence-corrected chi connectivity index (χ1v) is 6.77. The molecule has 4 N–H and O–H groups in total. The van der Waals surface area contributed by atoms with Gasteiger partial charge in [-0.2, -0.15) is 5.26 Å². The number of nitrogens with zero attached hydrogens (tertiary/aromatic N) is 2. The molecule has 1 aromatic rings. The molecular weight excluding hydrogens is 266 g/mol. The topological polar surface area (TPSA) is 111 Å². The summed E-state index contributed by atoms with van der Waals surface area (Å²) in [5.74, 6) is -0.106. The van der Waals surface area contributed by atoms with Crippen molar-refractivity contribution in [2.45, 2.75) is 25.6 Å². The first-order valence-electron chi connectivity index (χ1n) is 5.96. The maximum atomic E-state index is 11.8. The highest BCUT2D eigenvalue weighted by atomic mass is 32.1. The average molecular weight is 281 g/mol. The van der Waals surface area contributed by atoms with Gasteiger partial charge in [-0.3, -0.25) is 4.79 Å². The number of nitrogen functional groups attached to an aromatic ring is 1. The number of nitrogens with two attached hydrogens (primary N) is 1. The molecule has 1 aliphatic rings. The molecule has 0 bridgehead atoms. The van der Waals surface area contributed by atoms with E-state index in [-0.39, 0.29) is 30.1 Å². The van der Waals surface area contributed by atoms with Crippen LogP contribution in [0.4, 0.5) is 10.7 Å². The first kappa shape index (κ1) is 13.8. The maximum Gasteiger partial charge on any atom is 0.174 e. The van der Waals surface area contributed by atoms with Gasteiger partial charge in [0.15, 0.2) is 5.78 Å². The van der Waals surface area contributed by atoms with Gasteiger partial charge in [0.05, 0.1) is 22.8 Å². The third kappa shape index (κ3) is 2.30. The summed E-state index contributed by atoms with van der Waals surface area (Å²) in [7, 11) is 0. The number of anilines is 2. The van der Waals surface area contributed by atoms with E-state index in [1.165, 1.54) is 0 Å². The van der Waals surface area contributed by atoms with E-state index in [9.17, 15) is 20.3 Å². The normalized spacial score (nSPS) is 22.5. The minimum Gasteiger partial charge on any atom is -0.396 e. The summed E-state index contributed by atoms with van der Waals surface area (Å²) < 4.78 is 0. The molecular formula is C12H15N3O3S. The van der Waals surface area contributed by atoms with Crippen molar-refractivity contribution in [1.29, 1.82) is 5.26 Å². The number of thiophene rings is 1. The zero-order valence-corrected chi connectivity index (χ0v) is 11.3. The van der Waals surface area contributed by atoms with Crippen LogP contribution < -0.4 is 10.6 Å². The molecule has 2 atom stereocenters. The second kappa shape index (κ2) is 5.17. The Bertz CT molecular complexity index is 539. The Kier molecular flexibility index (Phi) is 3.75. The number of aliphatic hydroxyl groups is 2. The molecule has 1 saturated heterocycles. The van der Waals surface area contributed by atoms with Crippen LogP contribution in [0.1, 0.15) is 28.6 Å². The van der Waals surface area contributed by atoms with Gasteiger partial charge in [0.1, 0.15) is 16.6 Å². The van der Waals surface area contributed by atoms with Crippen molar-refractivity contribution < 1.29 is 15.0 Å². The Hall–Kier alpha value is -1.62. The second-order valence-electron chi connectivity index (χ2n) is 4.45. The van der Waals surface area contributed by atoms with E-state index in [0.717, 1.165) is 11.3 Å². The molecule has 0 aromatic carbocycles. The van der Waals surface area contributed by atoms with E-state index < -0.39 is 12.2 Å². The molecule has 102 valence electrons. The Morgan fingerprint density at radius 3 is 2.58 bits per heavy atom. The molecule has 0 amide bonds. The molecule has 7 heteroatoms. The number of Topliss-reactive ketones (excluding diaryl/α,β-unsaturated/α-hetero) is 1. The van der Waals surface area contributed by atoms with Crippen molar-refractivity contribution >= 4 is 27.8 Å². The third-order valence-electron chi connectivity index (χ3n) is 3.16. The number of rotatable bonds is 3. The van der Waals surface area contributed by atoms with Gasteiger partial charge in [0.25, 0.3) is 0 Å². The SMILES string of the molecule is CCC(=O)c1sc(N2CC(O)C(O)C2)c(C#N)c1N. The van der Waals surface area contributed by atoms with Crippen LogP contribution in [0.5, 0.6) is 0 Å². The number of hydrogen-bond donors (Lipinski definition) is 3. The summed E-state index contributed by atoms with van der Waals surface area (Å²) in [5, 5.41) is 28.8. The van der Waals surface area contributed by atoms with Crippen LogP contribution in [0, 0.1) is 11.3 Å². The van der Waals surface area contributed by atoms with Gasteiger partial charge in [-0.15, -0.1) is 11.3 Å². The van der Waals surface area contributed by atoms with Gasteiger partial charge in [-0.1, -0.05) is 6.92 Å². The van der Waals surface area contributed by atoms with Crippen LogP contribution in [0.15, 0.2) is 0 Å². The zero-order chi connectivity index (χ0) is 14.2. The highest BCUT2D eigenvalue weighted by Gasteiger charge is 2.33. The lowest BCUT2D eigenvalue weighted by molar-refractivity contribution is 0.0572. The smallest absolute Gasteiger partial charge is 0.174 e. The van der Waals surface area contributed by atoms with Crippen LogP contribution >= 0.6 is 11.3 Å². The fraction of sp³-hybridized carbons (Fsp3) is 0.500. The summed E-state index contributed by atoms with van der Waals surface area (Å²) in [5.41, 5.74) is 6.30. The molecule has 0 radical (unpaired) electrons. The molecule has 19 heavy (non-hydrogen) atoms. The van der Waals surface area contributed by atoms with Gasteiger partial charge in [-0.25, -0.2) is 0 Å². The Balaban J connectivity index is 2.42. The lowest BCUT2D eigenvalue weighted by Gasteiger charge is -2.15. The standard InChI is InChI=1S/C12H15N3O3S/c1-2-7(16)11-10(14)6(3-13)12(19-11)15-4-8(17)9(18)5-15/h8-9,17-18H,2,4-5,14H2,1H3. The maximum absolute atomic E-state index is 11.8. The quantitative estimate of drug-likeness (QED) is 0.689. The molecule has 1 aliphatic heterocycles. The zero-order valence-electron chi connectivity index (χ0n) is 10.5. The van der Waals surface area contributed by atoms with Crippen LogP contribution in [0.3, 0.4) is 0 Å². The number of carbonyl (C=O) groups is 1. The lowest BCUT2D eigenvalue weighted by atomic mass is 10.2. The number of aliphatic hydroxyl groups excluding tert-OH is 2. The predicted molar refractivity (Wildman–Crippen MR) is 72.3 cm³/mol.